The quantitative estimate of drug-likeness (QED) is 0.667. The van der Waals surface area contributed by atoms with E-state index in [1.165, 1.54) is 0 Å². The highest BCUT2D eigenvalue weighted by molar-refractivity contribution is 7.09. The van der Waals surface area contributed by atoms with Gasteiger partial charge >= 0.3 is 0 Å². The Labute approximate surface area is 136 Å². The van der Waals surface area contributed by atoms with Crippen molar-refractivity contribution in [2.24, 2.45) is 0 Å². The summed E-state index contributed by atoms with van der Waals surface area (Å²) < 4.78 is 2.10. The zero-order chi connectivity index (χ0) is 15.0. The average molecular weight is 341 g/mol. The molecule has 3 heterocycles. The van der Waals surface area contributed by atoms with Gasteiger partial charge in [0.2, 0.25) is 0 Å². The summed E-state index contributed by atoms with van der Waals surface area (Å²) in [6.07, 6.45) is 2.33. The summed E-state index contributed by atoms with van der Waals surface area (Å²) in [5, 5.41) is 3.68. The summed E-state index contributed by atoms with van der Waals surface area (Å²) in [5.74, 6) is 1.43. The lowest BCUT2D eigenvalue weighted by atomic mass is 10.3. The van der Waals surface area contributed by atoms with E-state index in [0.717, 1.165) is 27.7 Å². The van der Waals surface area contributed by atoms with Crippen LogP contribution in [-0.4, -0.2) is 25.4 Å². The van der Waals surface area contributed by atoms with Crippen LogP contribution in [0, 0.1) is 6.92 Å². The summed E-state index contributed by atoms with van der Waals surface area (Å²) in [7, 11) is 0. The Morgan fingerprint density at radius 3 is 2.86 bits per heavy atom. The first kappa shape index (κ1) is 14.8. The van der Waals surface area contributed by atoms with Crippen LogP contribution in [0.4, 0.5) is 0 Å². The molecule has 0 aliphatic rings. The molecule has 4 nitrogen and oxygen atoms in total. The van der Waals surface area contributed by atoms with Crippen LogP contribution in [-0.2, 0) is 6.42 Å². The largest absolute Gasteiger partial charge is 0.303 e. The maximum absolute atomic E-state index is 6.01. The van der Waals surface area contributed by atoms with Crippen molar-refractivity contribution in [3.8, 4) is 0 Å². The zero-order valence-corrected chi connectivity index (χ0v) is 14.0. The number of nitrogens with zero attached hydrogens (tertiary/aromatic N) is 4. The van der Waals surface area contributed by atoms with Gasteiger partial charge in [-0.05, 0) is 19.9 Å². The molecule has 110 valence electrons. The molecule has 0 N–H and O–H groups in total. The van der Waals surface area contributed by atoms with Crippen LogP contribution in [0.25, 0.3) is 11.2 Å². The number of fused-ring (bicyclic) bond motifs is 1. The van der Waals surface area contributed by atoms with Gasteiger partial charge in [-0.25, -0.2) is 15.0 Å². The highest BCUT2D eigenvalue weighted by Crippen LogP contribution is 2.28. The Morgan fingerprint density at radius 2 is 2.19 bits per heavy atom. The molecule has 7 heteroatoms. The van der Waals surface area contributed by atoms with Gasteiger partial charge in [0.1, 0.15) is 16.3 Å². The fourth-order valence-electron chi connectivity index (χ4n) is 2.35. The standard InChI is InChI=1S/C14H14Cl2N4S/c1-8-7-21-14(18-8)9(2)20-12(3-4-15)19-11-5-10(16)6-17-13(11)20/h5-7,9H,3-4H2,1-2H3. The van der Waals surface area contributed by atoms with Gasteiger partial charge in [-0.15, -0.1) is 22.9 Å². The lowest BCUT2D eigenvalue weighted by Crippen LogP contribution is -2.11. The van der Waals surface area contributed by atoms with Crippen molar-refractivity contribution in [2.75, 3.05) is 5.88 Å². The fraction of sp³-hybridized carbons (Fsp3) is 0.357. The minimum Gasteiger partial charge on any atom is -0.303 e. The Hall–Kier alpha value is -1.17. The molecule has 3 aromatic rings. The molecule has 0 spiro atoms. The van der Waals surface area contributed by atoms with Crippen molar-refractivity contribution in [2.45, 2.75) is 26.3 Å². The first-order valence-electron chi connectivity index (χ1n) is 6.60. The second kappa shape index (κ2) is 5.91. The van der Waals surface area contributed by atoms with E-state index in [2.05, 4.69) is 31.8 Å². The van der Waals surface area contributed by atoms with E-state index in [4.69, 9.17) is 23.2 Å². The fourth-order valence-corrected chi connectivity index (χ4v) is 3.51. The van der Waals surface area contributed by atoms with Gasteiger partial charge in [0.25, 0.3) is 0 Å². The third kappa shape index (κ3) is 2.78. The SMILES string of the molecule is Cc1csc(C(C)n2c(CCCl)nc3cc(Cl)cnc32)n1. The van der Waals surface area contributed by atoms with Crippen LogP contribution in [0.3, 0.4) is 0 Å². The molecule has 0 aromatic carbocycles. The lowest BCUT2D eigenvalue weighted by Gasteiger charge is -2.14. The van der Waals surface area contributed by atoms with Crippen LogP contribution in [0.15, 0.2) is 17.6 Å². The monoisotopic (exact) mass is 340 g/mol. The number of alkyl halides is 1. The molecule has 1 atom stereocenters. The predicted octanol–water partition coefficient (Wildman–Crippen LogP) is 4.24. The average Bonchev–Trinajstić information content (AvgIpc) is 3.01. The van der Waals surface area contributed by atoms with E-state index in [1.54, 1.807) is 17.5 Å². The molecule has 3 rings (SSSR count). The summed E-state index contributed by atoms with van der Waals surface area (Å²) in [5.41, 5.74) is 2.64. The van der Waals surface area contributed by atoms with Gasteiger partial charge in [0, 0.05) is 29.6 Å². The van der Waals surface area contributed by atoms with E-state index in [-0.39, 0.29) is 6.04 Å². The van der Waals surface area contributed by atoms with E-state index < -0.39 is 0 Å². The van der Waals surface area contributed by atoms with Crippen LogP contribution >= 0.6 is 34.5 Å². The van der Waals surface area contributed by atoms with Crippen molar-refractivity contribution in [3.05, 3.63) is 39.2 Å². The van der Waals surface area contributed by atoms with E-state index in [9.17, 15) is 0 Å². The van der Waals surface area contributed by atoms with Crippen molar-refractivity contribution in [1.82, 2.24) is 19.5 Å². The molecule has 0 aliphatic carbocycles. The summed E-state index contributed by atoms with van der Waals surface area (Å²) in [6, 6.07) is 1.90. The van der Waals surface area contributed by atoms with Crippen molar-refractivity contribution in [1.29, 1.82) is 0 Å². The highest BCUT2D eigenvalue weighted by atomic mass is 35.5. The molecule has 0 fully saturated rings. The van der Waals surface area contributed by atoms with Crippen molar-refractivity contribution >= 4 is 45.7 Å². The topological polar surface area (TPSA) is 43.6 Å². The molecule has 21 heavy (non-hydrogen) atoms. The molecular weight excluding hydrogens is 327 g/mol. The Kier molecular flexibility index (Phi) is 4.15. The minimum absolute atomic E-state index is 0.0700. The number of pyridine rings is 1. The lowest BCUT2D eigenvalue weighted by molar-refractivity contribution is 0.614. The zero-order valence-electron chi connectivity index (χ0n) is 11.7. The minimum atomic E-state index is 0.0700. The maximum Gasteiger partial charge on any atom is 0.160 e. The van der Waals surface area contributed by atoms with E-state index >= 15 is 0 Å². The number of halogens is 2. The molecule has 0 radical (unpaired) electrons. The summed E-state index contributed by atoms with van der Waals surface area (Å²) in [4.78, 5) is 13.6. The van der Waals surface area contributed by atoms with Gasteiger partial charge in [-0.2, -0.15) is 0 Å². The smallest absolute Gasteiger partial charge is 0.160 e. The van der Waals surface area contributed by atoms with E-state index in [0.29, 0.717) is 17.3 Å². The molecule has 0 amide bonds. The molecule has 0 saturated heterocycles. The van der Waals surface area contributed by atoms with E-state index in [1.807, 2.05) is 13.0 Å². The van der Waals surface area contributed by atoms with Crippen molar-refractivity contribution < 1.29 is 0 Å². The summed E-state index contributed by atoms with van der Waals surface area (Å²) >= 11 is 13.6. The normalized spacial score (nSPS) is 13.0. The number of imidazole rings is 1. The molecule has 0 bridgehead atoms. The summed E-state index contributed by atoms with van der Waals surface area (Å²) in [6.45, 7) is 4.10. The van der Waals surface area contributed by atoms with Crippen LogP contribution in [0.5, 0.6) is 0 Å². The van der Waals surface area contributed by atoms with Gasteiger partial charge in [-0.3, -0.25) is 0 Å². The highest BCUT2D eigenvalue weighted by Gasteiger charge is 2.20. The van der Waals surface area contributed by atoms with Gasteiger partial charge < -0.3 is 4.57 Å². The molecule has 0 saturated carbocycles. The van der Waals surface area contributed by atoms with Crippen LogP contribution < -0.4 is 0 Å². The Bertz CT molecular complexity index is 780. The van der Waals surface area contributed by atoms with Gasteiger partial charge in [0.15, 0.2) is 5.65 Å². The number of hydrogen-bond donors (Lipinski definition) is 0. The first-order valence-corrected chi connectivity index (χ1v) is 8.39. The maximum atomic E-state index is 6.01. The number of aryl methyl sites for hydroxylation is 2. The van der Waals surface area contributed by atoms with Gasteiger partial charge in [0.05, 0.1) is 11.1 Å². The van der Waals surface area contributed by atoms with Crippen LogP contribution in [0.2, 0.25) is 5.02 Å². The predicted molar refractivity (Wildman–Crippen MR) is 87.6 cm³/mol. The third-order valence-corrected chi connectivity index (χ3v) is 4.80. The van der Waals surface area contributed by atoms with Crippen molar-refractivity contribution in [3.63, 3.8) is 0 Å². The second-order valence-electron chi connectivity index (χ2n) is 4.84. The third-order valence-electron chi connectivity index (χ3n) is 3.27. The second-order valence-corrected chi connectivity index (χ2v) is 6.54. The first-order chi connectivity index (χ1) is 10.1. The Morgan fingerprint density at radius 1 is 1.38 bits per heavy atom. The molecule has 1 unspecified atom stereocenters. The Balaban J connectivity index is 2.16. The number of thiazole rings is 1. The van der Waals surface area contributed by atoms with Gasteiger partial charge in [-0.1, -0.05) is 11.6 Å². The van der Waals surface area contributed by atoms with Crippen LogP contribution in [0.1, 0.15) is 29.5 Å². The molecular formula is C14H14Cl2N4S. The number of aromatic nitrogens is 4. The molecule has 3 aromatic heterocycles. The molecule has 0 aliphatic heterocycles. The number of rotatable bonds is 4. The number of hydrogen-bond acceptors (Lipinski definition) is 4.